The molecule has 0 bridgehead atoms. The highest BCUT2D eigenvalue weighted by Crippen LogP contribution is 2.26. The summed E-state index contributed by atoms with van der Waals surface area (Å²) < 4.78 is 0. The van der Waals surface area contributed by atoms with E-state index in [1.807, 2.05) is 48.7 Å². The number of anilines is 3. The van der Waals surface area contributed by atoms with Gasteiger partial charge < -0.3 is 10.6 Å². The summed E-state index contributed by atoms with van der Waals surface area (Å²) in [5, 5.41) is 7.54. The van der Waals surface area contributed by atoms with Crippen LogP contribution in [0.5, 0.6) is 0 Å². The van der Waals surface area contributed by atoms with Crippen LogP contribution in [0.25, 0.3) is 11.3 Å². The van der Waals surface area contributed by atoms with Crippen molar-refractivity contribution >= 4 is 29.1 Å². The Balaban J connectivity index is 1.65. The molecule has 4 rings (SSSR count). The first kappa shape index (κ1) is 17.7. The Morgan fingerprint density at radius 1 is 0.963 bits per heavy atom. The van der Waals surface area contributed by atoms with Gasteiger partial charge in [0.1, 0.15) is 5.82 Å². The number of rotatable bonds is 5. The number of aromatic nitrogens is 3. The van der Waals surface area contributed by atoms with Crippen molar-refractivity contribution in [3.05, 3.63) is 59.9 Å². The van der Waals surface area contributed by atoms with Crippen LogP contribution < -0.4 is 10.6 Å². The van der Waals surface area contributed by atoms with Gasteiger partial charge in [-0.2, -0.15) is 4.98 Å². The molecule has 6 heteroatoms. The third kappa shape index (κ3) is 4.74. The molecule has 0 aliphatic heterocycles. The summed E-state index contributed by atoms with van der Waals surface area (Å²) in [4.78, 5) is 13.6. The molecule has 27 heavy (non-hydrogen) atoms. The fourth-order valence-corrected chi connectivity index (χ4v) is 3.57. The highest BCUT2D eigenvalue weighted by atomic mass is 35.5. The smallest absolute Gasteiger partial charge is 0.225 e. The monoisotopic (exact) mass is 379 g/mol. The molecule has 0 amide bonds. The van der Waals surface area contributed by atoms with E-state index >= 15 is 0 Å². The molecule has 3 aromatic rings. The van der Waals surface area contributed by atoms with E-state index in [1.54, 1.807) is 6.20 Å². The molecule has 2 heterocycles. The molecule has 1 fully saturated rings. The van der Waals surface area contributed by atoms with Gasteiger partial charge >= 0.3 is 0 Å². The zero-order valence-corrected chi connectivity index (χ0v) is 15.8. The Morgan fingerprint density at radius 2 is 1.85 bits per heavy atom. The van der Waals surface area contributed by atoms with Crippen molar-refractivity contribution in [1.29, 1.82) is 0 Å². The van der Waals surface area contributed by atoms with E-state index in [0.29, 0.717) is 17.0 Å². The van der Waals surface area contributed by atoms with Gasteiger partial charge in [0.25, 0.3) is 0 Å². The lowest BCUT2D eigenvalue weighted by Gasteiger charge is -2.23. The van der Waals surface area contributed by atoms with Crippen LogP contribution in [0, 0.1) is 0 Å². The second kappa shape index (κ2) is 8.35. The Bertz CT molecular complexity index is 894. The first-order valence-electron chi connectivity index (χ1n) is 9.35. The minimum Gasteiger partial charge on any atom is -0.351 e. The van der Waals surface area contributed by atoms with Crippen LogP contribution in [-0.4, -0.2) is 21.0 Å². The number of benzene rings is 1. The summed E-state index contributed by atoms with van der Waals surface area (Å²) in [7, 11) is 0. The molecule has 0 spiro atoms. The Hall–Kier alpha value is -2.66. The number of hydrogen-bond acceptors (Lipinski definition) is 5. The van der Waals surface area contributed by atoms with E-state index in [2.05, 4.69) is 20.6 Å². The molecule has 1 saturated carbocycles. The van der Waals surface area contributed by atoms with Crippen molar-refractivity contribution in [1.82, 2.24) is 15.0 Å². The molecule has 5 nitrogen and oxygen atoms in total. The zero-order valence-electron chi connectivity index (χ0n) is 15.0. The Labute approximate surface area is 164 Å². The molecule has 0 atom stereocenters. The molecule has 0 saturated heterocycles. The van der Waals surface area contributed by atoms with Gasteiger partial charge in [-0.25, -0.2) is 4.98 Å². The van der Waals surface area contributed by atoms with E-state index in [4.69, 9.17) is 16.6 Å². The van der Waals surface area contributed by atoms with E-state index in [-0.39, 0.29) is 0 Å². The number of nitrogens with one attached hydrogen (secondary N) is 2. The third-order valence-electron chi connectivity index (χ3n) is 4.72. The summed E-state index contributed by atoms with van der Waals surface area (Å²) in [5.74, 6) is 1.37. The minimum atomic E-state index is 0.432. The van der Waals surface area contributed by atoms with Crippen molar-refractivity contribution < 1.29 is 0 Å². The van der Waals surface area contributed by atoms with Gasteiger partial charge in [0.2, 0.25) is 5.95 Å². The summed E-state index contributed by atoms with van der Waals surface area (Å²) in [6, 6.07) is 13.9. The van der Waals surface area contributed by atoms with E-state index < -0.39 is 0 Å². The van der Waals surface area contributed by atoms with Gasteiger partial charge in [0, 0.05) is 40.8 Å². The number of pyridine rings is 1. The predicted molar refractivity (Wildman–Crippen MR) is 110 cm³/mol. The van der Waals surface area contributed by atoms with Crippen molar-refractivity contribution in [2.24, 2.45) is 0 Å². The topological polar surface area (TPSA) is 62.7 Å². The van der Waals surface area contributed by atoms with Gasteiger partial charge in [-0.15, -0.1) is 0 Å². The van der Waals surface area contributed by atoms with Crippen LogP contribution >= 0.6 is 11.6 Å². The molecular weight excluding hydrogens is 358 g/mol. The number of halogens is 1. The normalized spacial score (nSPS) is 14.7. The first-order chi connectivity index (χ1) is 13.3. The molecular formula is C21H22ClN5. The second-order valence-electron chi connectivity index (χ2n) is 6.82. The minimum absolute atomic E-state index is 0.432. The quantitative estimate of drug-likeness (QED) is 0.597. The van der Waals surface area contributed by atoms with Gasteiger partial charge in [-0.05, 0) is 43.2 Å². The molecule has 0 radical (unpaired) electrons. The van der Waals surface area contributed by atoms with Crippen LogP contribution in [0.15, 0.2) is 54.9 Å². The highest BCUT2D eigenvalue weighted by Gasteiger charge is 2.15. The molecule has 2 aromatic heterocycles. The van der Waals surface area contributed by atoms with Gasteiger partial charge in [0.05, 0.1) is 5.69 Å². The zero-order chi connectivity index (χ0) is 18.5. The molecule has 1 aliphatic rings. The summed E-state index contributed by atoms with van der Waals surface area (Å²) in [6.45, 7) is 0. The van der Waals surface area contributed by atoms with Gasteiger partial charge in [-0.3, -0.25) is 4.98 Å². The fraction of sp³-hybridized carbons (Fsp3) is 0.286. The standard InChI is InChI=1S/C21H22ClN5/c22-16-7-4-10-18(12-16)24-20-13-19(15-6-5-11-23-14-15)26-21(27-20)25-17-8-2-1-3-9-17/h4-7,10-14,17H,1-3,8-9H2,(H2,24,25,26,27). The maximum absolute atomic E-state index is 6.10. The largest absolute Gasteiger partial charge is 0.351 e. The lowest BCUT2D eigenvalue weighted by atomic mass is 9.96. The number of nitrogens with zero attached hydrogens (tertiary/aromatic N) is 3. The molecule has 1 aromatic carbocycles. The average Bonchev–Trinajstić information content (AvgIpc) is 2.69. The van der Waals surface area contributed by atoms with Crippen molar-refractivity contribution in [2.45, 2.75) is 38.1 Å². The maximum atomic E-state index is 6.10. The SMILES string of the molecule is Clc1cccc(Nc2cc(-c3cccnc3)nc(NC3CCCCC3)n2)c1. The maximum Gasteiger partial charge on any atom is 0.225 e. The van der Waals surface area contributed by atoms with Crippen LogP contribution in [0.1, 0.15) is 32.1 Å². The summed E-state index contributed by atoms with van der Waals surface area (Å²) in [6.07, 6.45) is 9.74. The van der Waals surface area contributed by atoms with Crippen molar-refractivity contribution in [2.75, 3.05) is 10.6 Å². The van der Waals surface area contributed by atoms with E-state index in [9.17, 15) is 0 Å². The molecule has 1 aliphatic carbocycles. The average molecular weight is 380 g/mol. The first-order valence-corrected chi connectivity index (χ1v) is 9.73. The fourth-order valence-electron chi connectivity index (χ4n) is 3.38. The van der Waals surface area contributed by atoms with Crippen molar-refractivity contribution in [3.8, 4) is 11.3 Å². The van der Waals surface area contributed by atoms with Gasteiger partial charge in [0.15, 0.2) is 0 Å². The van der Waals surface area contributed by atoms with E-state index in [0.717, 1.165) is 35.6 Å². The van der Waals surface area contributed by atoms with Crippen molar-refractivity contribution in [3.63, 3.8) is 0 Å². The molecule has 138 valence electrons. The predicted octanol–water partition coefficient (Wildman–Crippen LogP) is 5.68. The second-order valence-corrected chi connectivity index (χ2v) is 7.25. The van der Waals surface area contributed by atoms with Crippen LogP contribution in [-0.2, 0) is 0 Å². The molecule has 2 N–H and O–H groups in total. The summed E-state index contributed by atoms with van der Waals surface area (Å²) in [5.41, 5.74) is 2.68. The van der Waals surface area contributed by atoms with Gasteiger partial charge in [-0.1, -0.05) is 36.9 Å². The third-order valence-corrected chi connectivity index (χ3v) is 4.95. The van der Waals surface area contributed by atoms with Crippen LogP contribution in [0.3, 0.4) is 0 Å². The Kier molecular flexibility index (Phi) is 5.49. The summed E-state index contributed by atoms with van der Waals surface area (Å²) >= 11 is 6.10. The molecule has 0 unspecified atom stereocenters. The lowest BCUT2D eigenvalue weighted by molar-refractivity contribution is 0.461. The lowest BCUT2D eigenvalue weighted by Crippen LogP contribution is -2.23. The van der Waals surface area contributed by atoms with Crippen LogP contribution in [0.2, 0.25) is 5.02 Å². The van der Waals surface area contributed by atoms with E-state index in [1.165, 1.54) is 19.3 Å². The number of hydrogen-bond donors (Lipinski definition) is 2. The van der Waals surface area contributed by atoms with Crippen LogP contribution in [0.4, 0.5) is 17.5 Å². The Morgan fingerprint density at radius 3 is 2.63 bits per heavy atom. The highest BCUT2D eigenvalue weighted by molar-refractivity contribution is 6.30.